The van der Waals surface area contributed by atoms with Crippen molar-refractivity contribution in [2.75, 3.05) is 58.0 Å². The summed E-state index contributed by atoms with van der Waals surface area (Å²) in [7, 11) is 8.07. The quantitative estimate of drug-likeness (QED) is 0.702. The number of anilines is 2. The Balaban J connectivity index is 2.25. The van der Waals surface area contributed by atoms with Crippen LogP contribution in [0.1, 0.15) is 6.42 Å². The van der Waals surface area contributed by atoms with E-state index < -0.39 is 0 Å². The van der Waals surface area contributed by atoms with E-state index in [1.54, 1.807) is 0 Å². The van der Waals surface area contributed by atoms with Crippen LogP contribution in [0.5, 0.6) is 0 Å². The molecule has 5 nitrogen and oxygen atoms in total. The number of rotatable bonds is 8. The second-order valence-corrected chi connectivity index (χ2v) is 5.32. The summed E-state index contributed by atoms with van der Waals surface area (Å²) in [5, 5.41) is 6.02. The molecule has 0 radical (unpaired) electrons. The highest BCUT2D eigenvalue weighted by atomic mass is 16.1. The van der Waals surface area contributed by atoms with Crippen LogP contribution >= 0.6 is 0 Å². The van der Waals surface area contributed by atoms with E-state index in [9.17, 15) is 4.79 Å². The summed E-state index contributed by atoms with van der Waals surface area (Å²) in [6.07, 6.45) is 1.04. The number of carbonyl (C=O) groups excluding carboxylic acids is 1. The van der Waals surface area contributed by atoms with Crippen molar-refractivity contribution in [1.29, 1.82) is 0 Å². The van der Waals surface area contributed by atoms with Gasteiger partial charge in [-0.2, -0.15) is 0 Å². The molecule has 1 aromatic carbocycles. The van der Waals surface area contributed by atoms with Crippen molar-refractivity contribution < 1.29 is 4.79 Å². The van der Waals surface area contributed by atoms with E-state index in [0.29, 0.717) is 6.54 Å². The molecule has 0 bridgehead atoms. The van der Waals surface area contributed by atoms with Gasteiger partial charge in [-0.25, -0.2) is 0 Å². The normalized spacial score (nSPS) is 10.7. The average Bonchev–Trinajstić information content (AvgIpc) is 2.38. The molecule has 1 amide bonds. The lowest BCUT2D eigenvalue weighted by Crippen LogP contribution is -2.30. The maximum Gasteiger partial charge on any atom is 0.238 e. The Kier molecular flexibility index (Phi) is 7.04. The second-order valence-electron chi connectivity index (χ2n) is 5.32. The molecule has 1 rings (SSSR count). The highest BCUT2D eigenvalue weighted by molar-refractivity contribution is 5.92. The predicted octanol–water partition coefficient (Wildman–Crippen LogP) is 1.23. The molecule has 0 aromatic heterocycles. The fraction of sp³-hybridized carbons (Fsp3) is 0.533. The Bertz CT molecular complexity index is 401. The van der Waals surface area contributed by atoms with Gasteiger partial charge in [-0.15, -0.1) is 0 Å². The number of benzene rings is 1. The number of nitrogens with zero attached hydrogens (tertiary/aromatic N) is 2. The standard InChI is InChI=1S/C15H26N4O/c1-18(2)11-5-10-16-12-15(20)17-13-6-8-14(9-7-13)19(3)4/h6-9,16H,5,10-12H2,1-4H3,(H,17,20). The van der Waals surface area contributed by atoms with Gasteiger partial charge in [0.1, 0.15) is 0 Å². The lowest BCUT2D eigenvalue weighted by atomic mass is 10.2. The van der Waals surface area contributed by atoms with E-state index in [1.807, 2.05) is 57.4 Å². The minimum absolute atomic E-state index is 0.00699. The molecule has 20 heavy (non-hydrogen) atoms. The Morgan fingerprint density at radius 1 is 1.10 bits per heavy atom. The number of hydrogen-bond donors (Lipinski definition) is 2. The summed E-state index contributed by atoms with van der Waals surface area (Å²) < 4.78 is 0. The van der Waals surface area contributed by atoms with Gasteiger partial charge in [-0.05, 0) is 57.9 Å². The molecule has 5 heteroatoms. The van der Waals surface area contributed by atoms with E-state index in [1.165, 1.54) is 0 Å². The monoisotopic (exact) mass is 278 g/mol. The van der Waals surface area contributed by atoms with E-state index in [4.69, 9.17) is 0 Å². The van der Waals surface area contributed by atoms with Crippen molar-refractivity contribution in [3.63, 3.8) is 0 Å². The van der Waals surface area contributed by atoms with E-state index in [-0.39, 0.29) is 5.91 Å². The highest BCUT2D eigenvalue weighted by Gasteiger charge is 2.02. The van der Waals surface area contributed by atoms with Gasteiger partial charge in [0, 0.05) is 25.5 Å². The summed E-state index contributed by atoms with van der Waals surface area (Å²) in [4.78, 5) is 15.9. The van der Waals surface area contributed by atoms with Gasteiger partial charge >= 0.3 is 0 Å². The molecule has 112 valence electrons. The Morgan fingerprint density at radius 2 is 1.75 bits per heavy atom. The highest BCUT2D eigenvalue weighted by Crippen LogP contribution is 2.15. The molecule has 0 saturated heterocycles. The lowest BCUT2D eigenvalue weighted by molar-refractivity contribution is -0.115. The van der Waals surface area contributed by atoms with Crippen LogP contribution in [-0.4, -0.2) is 58.6 Å². The van der Waals surface area contributed by atoms with Crippen molar-refractivity contribution >= 4 is 17.3 Å². The number of hydrogen-bond acceptors (Lipinski definition) is 4. The van der Waals surface area contributed by atoms with Gasteiger partial charge in [0.15, 0.2) is 0 Å². The average molecular weight is 278 g/mol. The molecular weight excluding hydrogens is 252 g/mol. The van der Waals surface area contributed by atoms with E-state index in [2.05, 4.69) is 15.5 Å². The Hall–Kier alpha value is -1.59. The minimum atomic E-state index is -0.00699. The number of amides is 1. The molecule has 1 aromatic rings. The van der Waals surface area contributed by atoms with Crippen LogP contribution in [0.4, 0.5) is 11.4 Å². The lowest BCUT2D eigenvalue weighted by Gasteiger charge is -2.13. The SMILES string of the molecule is CN(C)CCCNCC(=O)Nc1ccc(N(C)C)cc1. The molecule has 0 aliphatic heterocycles. The Morgan fingerprint density at radius 3 is 2.30 bits per heavy atom. The summed E-state index contributed by atoms with van der Waals surface area (Å²) in [5.74, 6) is -0.00699. The molecule has 0 saturated carbocycles. The largest absolute Gasteiger partial charge is 0.378 e. The van der Waals surface area contributed by atoms with Gasteiger partial charge in [-0.1, -0.05) is 0 Å². The molecule has 0 fully saturated rings. The van der Waals surface area contributed by atoms with Crippen molar-refractivity contribution in [2.24, 2.45) is 0 Å². The maximum atomic E-state index is 11.7. The van der Waals surface area contributed by atoms with Gasteiger partial charge < -0.3 is 20.4 Å². The summed E-state index contributed by atoms with van der Waals surface area (Å²) in [6, 6.07) is 7.80. The predicted molar refractivity (Wildman–Crippen MR) is 85.4 cm³/mol. The first-order chi connectivity index (χ1) is 9.49. The minimum Gasteiger partial charge on any atom is -0.378 e. The smallest absolute Gasteiger partial charge is 0.238 e. The number of nitrogens with one attached hydrogen (secondary N) is 2. The van der Waals surface area contributed by atoms with Gasteiger partial charge in [0.25, 0.3) is 0 Å². The fourth-order valence-corrected chi connectivity index (χ4v) is 1.77. The first kappa shape index (κ1) is 16.5. The molecule has 0 spiro atoms. The van der Waals surface area contributed by atoms with Crippen molar-refractivity contribution in [1.82, 2.24) is 10.2 Å². The maximum absolute atomic E-state index is 11.7. The summed E-state index contributed by atoms with van der Waals surface area (Å²) >= 11 is 0. The van der Waals surface area contributed by atoms with Crippen molar-refractivity contribution in [2.45, 2.75) is 6.42 Å². The van der Waals surface area contributed by atoms with E-state index in [0.717, 1.165) is 30.9 Å². The molecule has 0 aliphatic carbocycles. The third kappa shape index (κ3) is 6.54. The fourth-order valence-electron chi connectivity index (χ4n) is 1.77. The van der Waals surface area contributed by atoms with Gasteiger partial charge in [0.05, 0.1) is 6.54 Å². The molecule has 0 atom stereocenters. The second kappa shape index (κ2) is 8.55. The van der Waals surface area contributed by atoms with Crippen LogP contribution in [0.15, 0.2) is 24.3 Å². The Labute approximate surface area is 121 Å². The third-order valence-electron chi connectivity index (χ3n) is 2.91. The zero-order valence-electron chi connectivity index (χ0n) is 12.9. The molecule has 0 heterocycles. The zero-order valence-corrected chi connectivity index (χ0v) is 12.9. The third-order valence-corrected chi connectivity index (χ3v) is 2.91. The van der Waals surface area contributed by atoms with Crippen LogP contribution in [0.2, 0.25) is 0 Å². The summed E-state index contributed by atoms with van der Waals surface area (Å²) in [5.41, 5.74) is 1.94. The van der Waals surface area contributed by atoms with E-state index >= 15 is 0 Å². The van der Waals surface area contributed by atoms with Crippen LogP contribution in [-0.2, 0) is 4.79 Å². The van der Waals surface area contributed by atoms with Crippen LogP contribution in [0.3, 0.4) is 0 Å². The van der Waals surface area contributed by atoms with Gasteiger partial charge in [-0.3, -0.25) is 4.79 Å². The first-order valence-corrected chi connectivity index (χ1v) is 6.91. The molecular formula is C15H26N4O. The van der Waals surface area contributed by atoms with Crippen LogP contribution in [0, 0.1) is 0 Å². The van der Waals surface area contributed by atoms with Crippen molar-refractivity contribution in [3.8, 4) is 0 Å². The first-order valence-electron chi connectivity index (χ1n) is 6.91. The topological polar surface area (TPSA) is 47.6 Å². The van der Waals surface area contributed by atoms with Gasteiger partial charge in [0.2, 0.25) is 5.91 Å². The molecule has 0 unspecified atom stereocenters. The summed E-state index contributed by atoms with van der Waals surface area (Å²) in [6.45, 7) is 2.23. The molecule has 0 aliphatic rings. The number of carbonyl (C=O) groups is 1. The van der Waals surface area contributed by atoms with Crippen LogP contribution < -0.4 is 15.5 Å². The zero-order chi connectivity index (χ0) is 15.0. The van der Waals surface area contributed by atoms with Crippen molar-refractivity contribution in [3.05, 3.63) is 24.3 Å². The van der Waals surface area contributed by atoms with Crippen LogP contribution in [0.25, 0.3) is 0 Å². The molecule has 2 N–H and O–H groups in total.